The van der Waals surface area contributed by atoms with Crippen LogP contribution in [0.15, 0.2) is 30.3 Å². The monoisotopic (exact) mass is 284 g/mol. The molecule has 3 atom stereocenters. The van der Waals surface area contributed by atoms with Gasteiger partial charge < -0.3 is 9.84 Å². The van der Waals surface area contributed by atoms with Crippen LogP contribution in [-0.4, -0.2) is 44.7 Å². The van der Waals surface area contributed by atoms with Crippen molar-refractivity contribution < 1.29 is 23.1 Å². The molecule has 0 aromatic heterocycles. The number of aliphatic carboxylic acids is 1. The average molecular weight is 284 g/mol. The van der Waals surface area contributed by atoms with E-state index in [0.29, 0.717) is 0 Å². The maximum Gasteiger partial charge on any atom is 0.314 e. The van der Waals surface area contributed by atoms with E-state index in [2.05, 4.69) is 0 Å². The molecule has 19 heavy (non-hydrogen) atoms. The van der Waals surface area contributed by atoms with Crippen LogP contribution in [0.25, 0.3) is 0 Å². The van der Waals surface area contributed by atoms with E-state index in [1.54, 1.807) is 30.3 Å². The largest absolute Gasteiger partial charge is 0.481 e. The highest BCUT2D eigenvalue weighted by Gasteiger charge is 2.74. The first-order chi connectivity index (χ1) is 8.85. The van der Waals surface area contributed by atoms with E-state index >= 15 is 0 Å². The number of hydrogen-bond acceptors (Lipinski definition) is 4. The first-order valence-electron chi connectivity index (χ1n) is 5.82. The highest BCUT2D eigenvalue weighted by Crippen LogP contribution is 2.63. The van der Waals surface area contributed by atoms with Gasteiger partial charge in [-0.15, -0.1) is 0 Å². The lowest BCUT2D eigenvalue weighted by Crippen LogP contribution is -2.28. The van der Waals surface area contributed by atoms with E-state index in [4.69, 9.17) is 4.74 Å². The van der Waals surface area contributed by atoms with Crippen LogP contribution in [0.2, 0.25) is 0 Å². The summed E-state index contributed by atoms with van der Waals surface area (Å²) in [4.78, 5) is 11.6. The molecule has 6 heteroatoms. The number of benzene rings is 1. The van der Waals surface area contributed by atoms with Crippen molar-refractivity contribution in [3.63, 3.8) is 0 Å². The molecule has 1 aliphatic rings. The number of methoxy groups -OCH3 is 1. The van der Waals surface area contributed by atoms with Crippen LogP contribution in [0.4, 0.5) is 0 Å². The smallest absolute Gasteiger partial charge is 0.314 e. The Morgan fingerprint density at radius 3 is 2.37 bits per heavy atom. The van der Waals surface area contributed by atoms with E-state index in [0.717, 1.165) is 11.8 Å². The quantitative estimate of drug-likeness (QED) is 0.869. The summed E-state index contributed by atoms with van der Waals surface area (Å²) in [7, 11) is -2.08. The summed E-state index contributed by atoms with van der Waals surface area (Å²) < 4.78 is 28.7. The number of sulfone groups is 1. The fourth-order valence-electron chi connectivity index (χ4n) is 2.89. The molecule has 0 aliphatic heterocycles. The molecule has 0 saturated heterocycles. The van der Waals surface area contributed by atoms with Crippen molar-refractivity contribution in [1.29, 1.82) is 0 Å². The molecule has 1 aromatic rings. The summed E-state index contributed by atoms with van der Waals surface area (Å²) in [6.07, 6.45) is 1.08. The molecule has 104 valence electrons. The molecule has 0 radical (unpaired) electrons. The Bertz CT molecular complexity index is 580. The van der Waals surface area contributed by atoms with Crippen LogP contribution in [0.1, 0.15) is 11.5 Å². The summed E-state index contributed by atoms with van der Waals surface area (Å²) in [6, 6.07) is 8.85. The Labute approximate surface area is 112 Å². The normalized spacial score (nSPS) is 30.0. The van der Waals surface area contributed by atoms with Crippen LogP contribution in [-0.2, 0) is 19.4 Å². The third kappa shape index (κ3) is 2.15. The highest BCUT2D eigenvalue weighted by molar-refractivity contribution is 7.91. The summed E-state index contributed by atoms with van der Waals surface area (Å²) >= 11 is 0. The van der Waals surface area contributed by atoms with Crippen LogP contribution in [0, 0.1) is 5.41 Å². The second kappa shape index (κ2) is 4.61. The molecule has 0 heterocycles. The van der Waals surface area contributed by atoms with Gasteiger partial charge in [0.05, 0.1) is 11.9 Å². The molecule has 0 spiro atoms. The zero-order chi connectivity index (χ0) is 14.3. The molecule has 1 fully saturated rings. The minimum absolute atomic E-state index is 0.111. The van der Waals surface area contributed by atoms with Gasteiger partial charge in [0, 0.05) is 19.3 Å². The summed E-state index contributed by atoms with van der Waals surface area (Å²) in [5.41, 5.74) is -0.652. The van der Waals surface area contributed by atoms with Gasteiger partial charge in [0.15, 0.2) is 9.84 Å². The van der Waals surface area contributed by atoms with Gasteiger partial charge in [-0.2, -0.15) is 0 Å². The van der Waals surface area contributed by atoms with Gasteiger partial charge in [0.25, 0.3) is 0 Å². The van der Waals surface area contributed by atoms with Gasteiger partial charge in [-0.3, -0.25) is 4.79 Å². The summed E-state index contributed by atoms with van der Waals surface area (Å²) in [6.45, 7) is -0.111. The van der Waals surface area contributed by atoms with Crippen molar-refractivity contribution in [1.82, 2.24) is 0 Å². The van der Waals surface area contributed by atoms with E-state index < -0.39 is 32.4 Å². The van der Waals surface area contributed by atoms with Gasteiger partial charge in [0.2, 0.25) is 0 Å². The molecule has 5 nitrogen and oxygen atoms in total. The second-order valence-corrected chi connectivity index (χ2v) is 7.08. The number of carboxylic acid groups (broad SMARTS) is 1. The van der Waals surface area contributed by atoms with Crippen LogP contribution in [0.5, 0.6) is 0 Å². The number of ether oxygens (including phenoxy) is 1. The summed E-state index contributed by atoms with van der Waals surface area (Å²) in [5.74, 6) is -1.68. The molecule has 1 saturated carbocycles. The number of carboxylic acids is 1. The molecule has 1 aromatic carbocycles. The average Bonchev–Trinajstić information content (AvgIpc) is 3.01. The van der Waals surface area contributed by atoms with Crippen LogP contribution >= 0.6 is 0 Å². The third-order valence-electron chi connectivity index (χ3n) is 3.66. The van der Waals surface area contributed by atoms with Crippen molar-refractivity contribution in [2.75, 3.05) is 20.0 Å². The topological polar surface area (TPSA) is 80.7 Å². The fourth-order valence-corrected chi connectivity index (χ4v) is 4.79. The maximum atomic E-state index is 11.9. The fraction of sp³-hybridized carbons (Fsp3) is 0.462. The van der Waals surface area contributed by atoms with Crippen molar-refractivity contribution in [3.05, 3.63) is 35.9 Å². The lowest BCUT2D eigenvalue weighted by atomic mass is 10.0. The standard InChI is InChI=1S/C13H16O5S/c1-18-8-13(12(14)15)10(11(13)19(2,16)17)9-6-4-3-5-7-9/h3-7,10-11H,8H2,1-2H3,(H,14,15)/t10-,11+,13-/m0/s1. The van der Waals surface area contributed by atoms with Gasteiger partial charge in [-0.05, 0) is 5.56 Å². The Kier molecular flexibility index (Phi) is 3.40. The Morgan fingerprint density at radius 1 is 1.37 bits per heavy atom. The molecule has 1 N–H and O–H groups in total. The van der Waals surface area contributed by atoms with Gasteiger partial charge >= 0.3 is 5.97 Å². The predicted molar refractivity (Wildman–Crippen MR) is 69.8 cm³/mol. The van der Waals surface area contributed by atoms with Crippen molar-refractivity contribution in [2.45, 2.75) is 11.2 Å². The number of carbonyl (C=O) groups is 1. The van der Waals surface area contributed by atoms with Crippen LogP contribution in [0.3, 0.4) is 0 Å². The first-order valence-corrected chi connectivity index (χ1v) is 7.77. The van der Waals surface area contributed by atoms with Crippen molar-refractivity contribution >= 4 is 15.8 Å². The van der Waals surface area contributed by atoms with Gasteiger partial charge in [-0.25, -0.2) is 8.42 Å². The SMILES string of the molecule is COC[C@@]1(C(=O)O)[C@H](S(C)(=O)=O)[C@@H]1c1ccccc1. The Morgan fingerprint density at radius 2 is 1.95 bits per heavy atom. The number of hydrogen-bond donors (Lipinski definition) is 1. The van der Waals surface area contributed by atoms with Gasteiger partial charge in [-0.1, -0.05) is 30.3 Å². The molecule has 2 rings (SSSR count). The zero-order valence-corrected chi connectivity index (χ0v) is 11.6. The minimum Gasteiger partial charge on any atom is -0.481 e. The predicted octanol–water partition coefficient (Wildman–Crippen LogP) is 0.914. The Balaban J connectivity index is 2.50. The lowest BCUT2D eigenvalue weighted by Gasteiger charge is -2.11. The Hall–Kier alpha value is -1.40. The van der Waals surface area contributed by atoms with Crippen molar-refractivity contribution in [3.8, 4) is 0 Å². The first kappa shape index (κ1) is 14.0. The molecule has 1 aliphatic carbocycles. The molecular weight excluding hydrogens is 268 g/mol. The molecule has 0 amide bonds. The lowest BCUT2D eigenvalue weighted by molar-refractivity contribution is -0.145. The number of rotatable bonds is 5. The van der Waals surface area contributed by atoms with Crippen LogP contribution < -0.4 is 0 Å². The zero-order valence-electron chi connectivity index (χ0n) is 10.7. The van der Waals surface area contributed by atoms with E-state index in [-0.39, 0.29) is 6.61 Å². The highest BCUT2D eigenvalue weighted by atomic mass is 32.2. The van der Waals surface area contributed by atoms with Crippen molar-refractivity contribution in [2.24, 2.45) is 5.41 Å². The molecule has 0 bridgehead atoms. The second-order valence-electron chi connectivity index (χ2n) is 4.92. The molecule has 0 unspecified atom stereocenters. The van der Waals surface area contributed by atoms with E-state index in [9.17, 15) is 18.3 Å². The summed E-state index contributed by atoms with van der Waals surface area (Å²) in [5, 5.41) is 8.53. The van der Waals surface area contributed by atoms with E-state index in [1.165, 1.54) is 7.11 Å². The maximum absolute atomic E-state index is 11.9. The molecular formula is C13H16O5S. The third-order valence-corrected chi connectivity index (χ3v) is 5.27. The van der Waals surface area contributed by atoms with E-state index in [1.807, 2.05) is 0 Å². The van der Waals surface area contributed by atoms with Gasteiger partial charge in [0.1, 0.15) is 5.41 Å². The minimum atomic E-state index is -3.46.